The third-order valence-corrected chi connectivity index (χ3v) is 2.60. The molecule has 2 atom stereocenters. The van der Waals surface area contributed by atoms with Gasteiger partial charge in [0.25, 0.3) is 0 Å². The second-order valence-electron chi connectivity index (χ2n) is 3.49. The van der Waals surface area contributed by atoms with E-state index in [1.165, 1.54) is 0 Å². The van der Waals surface area contributed by atoms with Gasteiger partial charge in [0.1, 0.15) is 0 Å². The van der Waals surface area contributed by atoms with Crippen LogP contribution in [0.3, 0.4) is 0 Å². The predicted octanol–water partition coefficient (Wildman–Crippen LogP) is 1.73. The van der Waals surface area contributed by atoms with Crippen molar-refractivity contribution in [3.63, 3.8) is 0 Å². The van der Waals surface area contributed by atoms with E-state index in [0.29, 0.717) is 6.04 Å². The predicted molar refractivity (Wildman–Crippen MR) is 55.2 cm³/mol. The first-order chi connectivity index (χ1) is 6.72. The van der Waals surface area contributed by atoms with Gasteiger partial charge in [-0.3, -0.25) is 0 Å². The van der Waals surface area contributed by atoms with Gasteiger partial charge in [-0.15, -0.1) is 0 Å². The Morgan fingerprint density at radius 3 is 2.57 bits per heavy atom. The number of aromatic nitrogens is 2. The molecule has 0 aliphatic rings. The largest absolute Gasteiger partial charge is 0.339 e. The fraction of sp³-hybridized carbons (Fsp3) is 0.800. The van der Waals surface area contributed by atoms with Gasteiger partial charge in [-0.1, -0.05) is 25.9 Å². The molecule has 80 valence electrons. The first kappa shape index (κ1) is 11.2. The summed E-state index contributed by atoms with van der Waals surface area (Å²) < 4.78 is 5.20. The van der Waals surface area contributed by atoms with Crippen molar-refractivity contribution in [3.8, 4) is 0 Å². The van der Waals surface area contributed by atoms with Crippen LogP contribution >= 0.6 is 0 Å². The summed E-state index contributed by atoms with van der Waals surface area (Å²) in [4.78, 5) is 4.33. The molecule has 1 N–H and O–H groups in total. The zero-order valence-electron chi connectivity index (χ0n) is 9.37. The van der Waals surface area contributed by atoms with Crippen LogP contribution in [0.5, 0.6) is 0 Å². The average molecular weight is 197 g/mol. The van der Waals surface area contributed by atoms with Crippen molar-refractivity contribution in [2.75, 3.05) is 7.05 Å². The van der Waals surface area contributed by atoms with Crippen LogP contribution in [0.2, 0.25) is 0 Å². The number of hydrogen-bond acceptors (Lipinski definition) is 4. The molecule has 0 aromatic carbocycles. The molecule has 4 heteroatoms. The summed E-state index contributed by atoms with van der Waals surface area (Å²) in [6.07, 6.45) is 1.88. The van der Waals surface area contributed by atoms with Crippen molar-refractivity contribution in [3.05, 3.63) is 11.7 Å². The van der Waals surface area contributed by atoms with E-state index in [-0.39, 0.29) is 5.92 Å². The van der Waals surface area contributed by atoms with Crippen molar-refractivity contribution in [2.45, 2.75) is 45.6 Å². The molecule has 0 fully saturated rings. The summed E-state index contributed by atoms with van der Waals surface area (Å²) in [6.45, 7) is 6.28. The average Bonchev–Trinajstić information content (AvgIpc) is 2.67. The maximum atomic E-state index is 5.20. The number of aryl methyl sites for hydroxylation is 1. The molecule has 0 aliphatic carbocycles. The van der Waals surface area contributed by atoms with Crippen molar-refractivity contribution >= 4 is 0 Å². The van der Waals surface area contributed by atoms with E-state index < -0.39 is 0 Å². The maximum Gasteiger partial charge on any atom is 0.231 e. The lowest BCUT2D eigenvalue weighted by Crippen LogP contribution is -2.30. The molecule has 0 spiro atoms. The van der Waals surface area contributed by atoms with Gasteiger partial charge < -0.3 is 9.84 Å². The molecule has 1 heterocycles. The fourth-order valence-electron chi connectivity index (χ4n) is 1.58. The lowest BCUT2D eigenvalue weighted by molar-refractivity contribution is 0.324. The van der Waals surface area contributed by atoms with Gasteiger partial charge in [-0.2, -0.15) is 4.98 Å². The van der Waals surface area contributed by atoms with Gasteiger partial charge in [0.05, 0.1) is 5.92 Å². The smallest absolute Gasteiger partial charge is 0.231 e. The molecular formula is C10H19N3O. The zero-order valence-corrected chi connectivity index (χ0v) is 9.37. The minimum atomic E-state index is 0.276. The molecule has 1 aromatic heterocycles. The molecule has 0 radical (unpaired) electrons. The molecular weight excluding hydrogens is 178 g/mol. The lowest BCUT2D eigenvalue weighted by atomic mass is 10.00. The molecule has 1 aromatic rings. The van der Waals surface area contributed by atoms with Gasteiger partial charge in [-0.25, -0.2) is 0 Å². The van der Waals surface area contributed by atoms with Gasteiger partial charge in [-0.05, 0) is 13.5 Å². The van der Waals surface area contributed by atoms with Gasteiger partial charge in [0.15, 0.2) is 5.82 Å². The van der Waals surface area contributed by atoms with Crippen LogP contribution in [0, 0.1) is 0 Å². The van der Waals surface area contributed by atoms with Crippen molar-refractivity contribution in [1.82, 2.24) is 15.5 Å². The quantitative estimate of drug-likeness (QED) is 0.781. The third kappa shape index (κ3) is 2.32. The SMILES string of the molecule is CCc1noc(C(C)C(CC)NC)n1. The van der Waals surface area contributed by atoms with E-state index in [1.807, 2.05) is 14.0 Å². The molecule has 2 unspecified atom stereocenters. The summed E-state index contributed by atoms with van der Waals surface area (Å²) in [6, 6.07) is 0.403. The van der Waals surface area contributed by atoms with Crippen LogP contribution < -0.4 is 5.32 Å². The number of nitrogens with zero attached hydrogens (tertiary/aromatic N) is 2. The van der Waals surface area contributed by atoms with E-state index in [0.717, 1.165) is 24.6 Å². The van der Waals surface area contributed by atoms with E-state index in [9.17, 15) is 0 Å². The van der Waals surface area contributed by atoms with E-state index in [2.05, 4.69) is 29.3 Å². The number of nitrogens with one attached hydrogen (secondary N) is 1. The minimum absolute atomic E-state index is 0.276. The van der Waals surface area contributed by atoms with Crippen LogP contribution in [0.15, 0.2) is 4.52 Å². The molecule has 0 aliphatic heterocycles. The molecule has 0 bridgehead atoms. The number of hydrogen-bond donors (Lipinski definition) is 1. The Kier molecular flexibility index (Phi) is 4.07. The van der Waals surface area contributed by atoms with E-state index in [4.69, 9.17) is 4.52 Å². The lowest BCUT2D eigenvalue weighted by Gasteiger charge is -2.18. The monoisotopic (exact) mass is 197 g/mol. The Labute approximate surface area is 85.1 Å². The molecule has 14 heavy (non-hydrogen) atoms. The topological polar surface area (TPSA) is 51.0 Å². The Bertz CT molecular complexity index is 268. The first-order valence-electron chi connectivity index (χ1n) is 5.22. The molecule has 0 saturated heterocycles. The van der Waals surface area contributed by atoms with Crippen LogP contribution in [0.4, 0.5) is 0 Å². The minimum Gasteiger partial charge on any atom is -0.339 e. The molecule has 0 saturated carbocycles. The van der Waals surface area contributed by atoms with Gasteiger partial charge in [0.2, 0.25) is 5.89 Å². The number of likely N-dealkylation sites (N-methyl/N-ethyl adjacent to an activating group) is 1. The highest BCUT2D eigenvalue weighted by Gasteiger charge is 2.20. The fourth-order valence-corrected chi connectivity index (χ4v) is 1.58. The highest BCUT2D eigenvalue weighted by molar-refractivity contribution is 4.96. The van der Waals surface area contributed by atoms with Gasteiger partial charge in [0, 0.05) is 12.5 Å². The molecule has 1 rings (SSSR count). The Balaban J connectivity index is 2.72. The van der Waals surface area contributed by atoms with E-state index in [1.54, 1.807) is 0 Å². The summed E-state index contributed by atoms with van der Waals surface area (Å²) in [5.74, 6) is 1.80. The Morgan fingerprint density at radius 2 is 2.14 bits per heavy atom. The summed E-state index contributed by atoms with van der Waals surface area (Å²) in [5, 5.41) is 7.14. The second-order valence-corrected chi connectivity index (χ2v) is 3.49. The zero-order chi connectivity index (χ0) is 10.6. The highest BCUT2D eigenvalue weighted by atomic mass is 16.5. The molecule has 4 nitrogen and oxygen atoms in total. The summed E-state index contributed by atoms with van der Waals surface area (Å²) in [7, 11) is 1.96. The summed E-state index contributed by atoms with van der Waals surface area (Å²) in [5.41, 5.74) is 0. The second kappa shape index (κ2) is 5.10. The Morgan fingerprint density at radius 1 is 1.43 bits per heavy atom. The molecule has 0 amide bonds. The van der Waals surface area contributed by atoms with Crippen molar-refractivity contribution in [2.24, 2.45) is 0 Å². The van der Waals surface area contributed by atoms with Crippen LogP contribution in [-0.4, -0.2) is 23.2 Å². The van der Waals surface area contributed by atoms with Crippen LogP contribution in [0.25, 0.3) is 0 Å². The van der Waals surface area contributed by atoms with Crippen molar-refractivity contribution < 1.29 is 4.52 Å². The summed E-state index contributed by atoms with van der Waals surface area (Å²) >= 11 is 0. The van der Waals surface area contributed by atoms with Gasteiger partial charge >= 0.3 is 0 Å². The normalized spacial score (nSPS) is 15.4. The van der Waals surface area contributed by atoms with Crippen LogP contribution in [0.1, 0.15) is 44.8 Å². The number of rotatable bonds is 5. The van der Waals surface area contributed by atoms with Crippen LogP contribution in [-0.2, 0) is 6.42 Å². The van der Waals surface area contributed by atoms with Crippen molar-refractivity contribution in [1.29, 1.82) is 0 Å². The third-order valence-electron chi connectivity index (χ3n) is 2.60. The highest BCUT2D eigenvalue weighted by Crippen LogP contribution is 2.19. The maximum absolute atomic E-state index is 5.20. The standard InChI is InChI=1S/C10H19N3O/c1-5-8(11-4)7(3)10-12-9(6-2)13-14-10/h7-8,11H,5-6H2,1-4H3. The first-order valence-corrected chi connectivity index (χ1v) is 5.22. The Hall–Kier alpha value is -0.900. The van der Waals surface area contributed by atoms with E-state index >= 15 is 0 Å².